The summed E-state index contributed by atoms with van der Waals surface area (Å²) < 4.78 is 26.8. The second-order valence-corrected chi connectivity index (χ2v) is 7.92. The lowest BCUT2D eigenvalue weighted by atomic mass is 10.2. The average molecular weight is 325 g/mol. The molecule has 0 bridgehead atoms. The van der Waals surface area contributed by atoms with Crippen molar-refractivity contribution in [3.05, 3.63) is 52.2 Å². The topological polar surface area (TPSA) is 57.6 Å². The van der Waals surface area contributed by atoms with Crippen LogP contribution in [-0.2, 0) is 23.1 Å². The molecule has 6 heteroatoms. The summed E-state index contributed by atoms with van der Waals surface area (Å²) in [4.78, 5) is 1.33. The summed E-state index contributed by atoms with van der Waals surface area (Å²) in [6, 6.07) is 10.4. The molecular weight excluding hydrogens is 306 g/mol. The number of hydrogen-bond acceptors (Lipinski definition) is 4. The van der Waals surface area contributed by atoms with Crippen molar-refractivity contribution in [1.29, 1.82) is 0 Å². The first-order valence-electron chi connectivity index (χ1n) is 6.66. The number of thiophene rings is 1. The zero-order valence-electron chi connectivity index (χ0n) is 12.1. The molecule has 1 aromatic carbocycles. The van der Waals surface area contributed by atoms with Crippen molar-refractivity contribution in [2.75, 3.05) is 7.05 Å². The van der Waals surface area contributed by atoms with E-state index in [1.807, 2.05) is 24.4 Å². The second kappa shape index (κ2) is 6.70. The molecule has 21 heavy (non-hydrogen) atoms. The normalized spacial score (nSPS) is 13.5. The highest BCUT2D eigenvalue weighted by atomic mass is 32.2. The van der Waals surface area contributed by atoms with Crippen LogP contribution < -0.4 is 0 Å². The lowest BCUT2D eigenvalue weighted by Crippen LogP contribution is -2.36. The van der Waals surface area contributed by atoms with Crippen LogP contribution in [0.15, 0.2) is 46.7 Å². The minimum atomic E-state index is -3.61. The molecule has 114 valence electrons. The van der Waals surface area contributed by atoms with E-state index in [0.29, 0.717) is 12.0 Å². The van der Waals surface area contributed by atoms with Crippen LogP contribution in [0.5, 0.6) is 0 Å². The van der Waals surface area contributed by atoms with Crippen LogP contribution >= 0.6 is 11.3 Å². The van der Waals surface area contributed by atoms with Crippen LogP contribution in [0.3, 0.4) is 0 Å². The summed E-state index contributed by atoms with van der Waals surface area (Å²) >= 11 is 1.62. The predicted octanol–water partition coefficient (Wildman–Crippen LogP) is 2.49. The van der Waals surface area contributed by atoms with Crippen LogP contribution in [0.2, 0.25) is 0 Å². The fraction of sp³-hybridized carbons (Fsp3) is 0.333. The van der Waals surface area contributed by atoms with Crippen molar-refractivity contribution < 1.29 is 13.5 Å². The van der Waals surface area contributed by atoms with E-state index in [4.69, 9.17) is 0 Å². The Balaban J connectivity index is 2.26. The van der Waals surface area contributed by atoms with E-state index in [-0.39, 0.29) is 17.5 Å². The Labute approximate surface area is 129 Å². The van der Waals surface area contributed by atoms with Gasteiger partial charge in [-0.2, -0.15) is 4.31 Å². The predicted molar refractivity (Wildman–Crippen MR) is 84.8 cm³/mol. The highest BCUT2D eigenvalue weighted by Crippen LogP contribution is 2.23. The van der Waals surface area contributed by atoms with Gasteiger partial charge in [0, 0.05) is 18.0 Å². The molecule has 0 spiro atoms. The quantitative estimate of drug-likeness (QED) is 0.888. The maximum Gasteiger partial charge on any atom is 0.243 e. The molecule has 1 atom stereocenters. The highest BCUT2D eigenvalue weighted by molar-refractivity contribution is 7.89. The molecule has 0 saturated carbocycles. The van der Waals surface area contributed by atoms with Crippen molar-refractivity contribution in [3.8, 4) is 0 Å². The monoisotopic (exact) mass is 325 g/mol. The van der Waals surface area contributed by atoms with Gasteiger partial charge in [-0.05, 0) is 36.4 Å². The highest BCUT2D eigenvalue weighted by Gasteiger charge is 2.27. The summed E-state index contributed by atoms with van der Waals surface area (Å²) in [5, 5.41) is 11.3. The first kappa shape index (κ1) is 16.2. The van der Waals surface area contributed by atoms with E-state index >= 15 is 0 Å². The molecule has 1 N–H and O–H groups in total. The smallest absolute Gasteiger partial charge is 0.243 e. The van der Waals surface area contributed by atoms with Gasteiger partial charge in [0.2, 0.25) is 10.0 Å². The summed E-state index contributed by atoms with van der Waals surface area (Å²) in [5.41, 5.74) is 0.424. The minimum Gasteiger partial charge on any atom is -0.392 e. The molecule has 2 rings (SSSR count). The zero-order valence-corrected chi connectivity index (χ0v) is 13.7. The van der Waals surface area contributed by atoms with Gasteiger partial charge in [-0.3, -0.25) is 0 Å². The molecule has 2 aromatic rings. The number of nitrogens with zero attached hydrogens (tertiary/aromatic N) is 1. The van der Waals surface area contributed by atoms with Crippen LogP contribution in [0.4, 0.5) is 0 Å². The number of sulfonamides is 1. The molecule has 1 heterocycles. The van der Waals surface area contributed by atoms with Gasteiger partial charge in [0.1, 0.15) is 0 Å². The van der Waals surface area contributed by atoms with Crippen molar-refractivity contribution in [2.24, 2.45) is 0 Å². The fourth-order valence-electron chi connectivity index (χ4n) is 2.13. The number of hydrogen-bond donors (Lipinski definition) is 1. The van der Waals surface area contributed by atoms with E-state index in [9.17, 15) is 13.5 Å². The van der Waals surface area contributed by atoms with Crippen LogP contribution in [0.1, 0.15) is 17.4 Å². The molecule has 0 aliphatic rings. The van der Waals surface area contributed by atoms with Gasteiger partial charge in [-0.25, -0.2) is 8.42 Å². The van der Waals surface area contributed by atoms with Crippen LogP contribution in [-0.4, -0.2) is 30.9 Å². The van der Waals surface area contributed by atoms with Gasteiger partial charge in [-0.1, -0.05) is 24.3 Å². The second-order valence-electron chi connectivity index (χ2n) is 4.92. The number of aliphatic hydroxyl groups excluding tert-OH is 1. The Morgan fingerprint density at radius 2 is 1.95 bits per heavy atom. The third-order valence-electron chi connectivity index (χ3n) is 3.50. The Bertz CT molecular complexity index is 681. The summed E-state index contributed by atoms with van der Waals surface area (Å²) in [6.07, 6.45) is 0.675. The Kier molecular flexibility index (Phi) is 5.16. The van der Waals surface area contributed by atoms with Crippen LogP contribution in [0.25, 0.3) is 0 Å². The van der Waals surface area contributed by atoms with E-state index < -0.39 is 10.0 Å². The molecule has 0 aliphatic heterocycles. The summed E-state index contributed by atoms with van der Waals surface area (Å²) in [7, 11) is -2.02. The maximum absolute atomic E-state index is 12.7. The molecule has 0 fully saturated rings. The Hall–Kier alpha value is -1.21. The summed E-state index contributed by atoms with van der Waals surface area (Å²) in [6.45, 7) is 1.60. The summed E-state index contributed by atoms with van der Waals surface area (Å²) in [5.74, 6) is 0. The van der Waals surface area contributed by atoms with E-state index in [0.717, 1.165) is 4.88 Å². The number of likely N-dealkylation sites (N-methyl/N-ethyl adjacent to an activating group) is 1. The molecule has 0 saturated heterocycles. The molecule has 0 radical (unpaired) electrons. The molecule has 0 aliphatic carbocycles. The molecular formula is C15H19NO3S2. The maximum atomic E-state index is 12.7. The molecule has 1 unspecified atom stereocenters. The first-order valence-corrected chi connectivity index (χ1v) is 8.98. The first-order chi connectivity index (χ1) is 9.96. The van der Waals surface area contributed by atoms with E-state index in [2.05, 4.69) is 0 Å². The molecule has 1 aromatic heterocycles. The van der Waals surface area contributed by atoms with Gasteiger partial charge < -0.3 is 5.11 Å². The average Bonchev–Trinajstić information content (AvgIpc) is 2.99. The van der Waals surface area contributed by atoms with Crippen molar-refractivity contribution >= 4 is 21.4 Å². The Morgan fingerprint density at radius 1 is 1.24 bits per heavy atom. The third kappa shape index (κ3) is 3.52. The standard InChI is InChI=1S/C15H19NO3S2/c1-12(10-14-7-5-9-20-14)16(2)21(18,19)15-8-4-3-6-13(15)11-17/h3-9,12,17H,10-11H2,1-2H3. The largest absolute Gasteiger partial charge is 0.392 e. The third-order valence-corrected chi connectivity index (χ3v) is 6.47. The molecule has 4 nitrogen and oxygen atoms in total. The van der Waals surface area contributed by atoms with Gasteiger partial charge >= 0.3 is 0 Å². The van der Waals surface area contributed by atoms with Crippen molar-refractivity contribution in [3.63, 3.8) is 0 Å². The van der Waals surface area contributed by atoms with Gasteiger partial charge in [0.15, 0.2) is 0 Å². The number of aliphatic hydroxyl groups is 1. The van der Waals surface area contributed by atoms with Gasteiger partial charge in [0.05, 0.1) is 11.5 Å². The van der Waals surface area contributed by atoms with Crippen molar-refractivity contribution in [2.45, 2.75) is 30.9 Å². The molecule has 0 amide bonds. The Morgan fingerprint density at radius 3 is 2.57 bits per heavy atom. The minimum absolute atomic E-state index is 0.152. The van der Waals surface area contributed by atoms with Crippen molar-refractivity contribution in [1.82, 2.24) is 4.31 Å². The van der Waals surface area contributed by atoms with E-state index in [1.165, 1.54) is 10.4 Å². The van der Waals surface area contributed by atoms with Gasteiger partial charge in [-0.15, -0.1) is 11.3 Å². The number of rotatable bonds is 6. The van der Waals surface area contributed by atoms with Gasteiger partial charge in [0.25, 0.3) is 0 Å². The fourth-order valence-corrected chi connectivity index (χ4v) is 4.53. The van der Waals surface area contributed by atoms with Crippen LogP contribution in [0, 0.1) is 0 Å². The van der Waals surface area contributed by atoms with E-state index in [1.54, 1.807) is 36.6 Å². The zero-order chi connectivity index (χ0) is 15.5. The SMILES string of the molecule is CC(Cc1cccs1)N(C)S(=O)(=O)c1ccccc1CO. The number of benzene rings is 1. The lowest BCUT2D eigenvalue weighted by molar-refractivity contribution is 0.278. The lowest BCUT2D eigenvalue weighted by Gasteiger charge is -2.25.